The number of phenolic OH excluding ortho intramolecular Hbond substituents is 2. The lowest BCUT2D eigenvalue weighted by molar-refractivity contribution is 0.0630. The summed E-state index contributed by atoms with van der Waals surface area (Å²) in [6.45, 7) is 1.24. The van der Waals surface area contributed by atoms with E-state index in [2.05, 4.69) is 0 Å². The molecule has 21 heavy (non-hydrogen) atoms. The number of aliphatic hydroxyl groups is 1. The van der Waals surface area contributed by atoms with E-state index in [0.29, 0.717) is 18.5 Å². The maximum atomic E-state index is 11.9. The number of rotatable bonds is 1. The molecule has 6 heteroatoms. The van der Waals surface area contributed by atoms with Gasteiger partial charge in [0.1, 0.15) is 22.5 Å². The highest BCUT2D eigenvalue weighted by atomic mass is 16.3. The van der Waals surface area contributed by atoms with Crippen molar-refractivity contribution in [1.29, 1.82) is 0 Å². The summed E-state index contributed by atoms with van der Waals surface area (Å²) in [7, 11) is 1.91. The first kappa shape index (κ1) is 13.9. The van der Waals surface area contributed by atoms with Crippen LogP contribution in [-0.4, -0.2) is 46.5 Å². The van der Waals surface area contributed by atoms with Crippen molar-refractivity contribution in [2.75, 3.05) is 20.1 Å². The lowest BCUT2D eigenvalue weighted by Gasteiger charge is -2.34. The molecule has 1 aromatic heterocycles. The molecule has 1 saturated heterocycles. The first-order valence-corrected chi connectivity index (χ1v) is 6.82. The van der Waals surface area contributed by atoms with Crippen LogP contribution in [0.25, 0.3) is 11.0 Å². The second kappa shape index (κ2) is 5.05. The van der Waals surface area contributed by atoms with E-state index in [4.69, 9.17) is 4.42 Å². The van der Waals surface area contributed by atoms with Crippen molar-refractivity contribution < 1.29 is 19.7 Å². The van der Waals surface area contributed by atoms with Crippen LogP contribution in [0.4, 0.5) is 0 Å². The summed E-state index contributed by atoms with van der Waals surface area (Å²) < 4.78 is 5.37. The molecule has 0 unspecified atom stereocenters. The molecule has 2 aromatic rings. The van der Waals surface area contributed by atoms with Crippen LogP contribution in [0, 0.1) is 0 Å². The number of likely N-dealkylation sites (tertiary alicyclic amines) is 1. The molecule has 0 amide bonds. The largest absolute Gasteiger partial charge is 0.507 e. The van der Waals surface area contributed by atoms with E-state index in [1.807, 2.05) is 11.9 Å². The number of benzene rings is 1. The van der Waals surface area contributed by atoms with Crippen LogP contribution in [0.2, 0.25) is 0 Å². The van der Waals surface area contributed by atoms with E-state index in [0.717, 1.165) is 12.6 Å². The summed E-state index contributed by atoms with van der Waals surface area (Å²) in [5, 5.41) is 30.4. The summed E-state index contributed by atoms with van der Waals surface area (Å²) in [5.41, 5.74) is 0.159. The first-order chi connectivity index (χ1) is 9.99. The molecule has 0 bridgehead atoms. The molecule has 3 N–H and O–H groups in total. The van der Waals surface area contributed by atoms with Crippen molar-refractivity contribution in [3.05, 3.63) is 34.2 Å². The van der Waals surface area contributed by atoms with Crippen molar-refractivity contribution in [2.45, 2.75) is 18.4 Å². The molecule has 1 aliphatic rings. The van der Waals surface area contributed by atoms with E-state index in [1.54, 1.807) is 0 Å². The number of fused-ring (bicyclic) bond motifs is 1. The smallest absolute Gasteiger partial charge is 0.196 e. The zero-order chi connectivity index (χ0) is 15.1. The van der Waals surface area contributed by atoms with Crippen LogP contribution in [0.1, 0.15) is 17.9 Å². The number of aliphatic hydroxyl groups excluding tert-OH is 1. The summed E-state index contributed by atoms with van der Waals surface area (Å²) in [5.74, 6) is -0.819. The normalized spacial score (nSPS) is 23.5. The fourth-order valence-electron chi connectivity index (χ4n) is 3.04. The molecule has 0 spiro atoms. The molecule has 3 rings (SSSR count). The highest BCUT2D eigenvalue weighted by Gasteiger charge is 2.32. The lowest BCUT2D eigenvalue weighted by Crippen LogP contribution is -2.40. The van der Waals surface area contributed by atoms with Gasteiger partial charge in [-0.25, -0.2) is 0 Å². The predicted molar refractivity (Wildman–Crippen MR) is 76.7 cm³/mol. The Morgan fingerprint density at radius 2 is 2.10 bits per heavy atom. The summed E-state index contributed by atoms with van der Waals surface area (Å²) >= 11 is 0. The van der Waals surface area contributed by atoms with Crippen LogP contribution in [-0.2, 0) is 0 Å². The molecule has 1 fully saturated rings. The predicted octanol–water partition coefficient (Wildman–Crippen LogP) is 0.984. The van der Waals surface area contributed by atoms with Gasteiger partial charge < -0.3 is 24.6 Å². The van der Waals surface area contributed by atoms with Gasteiger partial charge in [0.2, 0.25) is 0 Å². The summed E-state index contributed by atoms with van der Waals surface area (Å²) in [6, 6.07) is 2.35. The van der Waals surface area contributed by atoms with Crippen LogP contribution in [0.5, 0.6) is 11.5 Å². The molecule has 112 valence electrons. The lowest BCUT2D eigenvalue weighted by atomic mass is 9.85. The quantitative estimate of drug-likeness (QED) is 0.725. The van der Waals surface area contributed by atoms with Gasteiger partial charge in [-0.2, -0.15) is 0 Å². The van der Waals surface area contributed by atoms with Crippen LogP contribution in [0.3, 0.4) is 0 Å². The minimum Gasteiger partial charge on any atom is -0.507 e. The Morgan fingerprint density at radius 3 is 2.81 bits per heavy atom. The molecular formula is C15H17NO5. The van der Waals surface area contributed by atoms with Crippen molar-refractivity contribution in [3.8, 4) is 11.5 Å². The summed E-state index contributed by atoms with van der Waals surface area (Å²) in [6.07, 6.45) is 1.19. The molecule has 1 aromatic carbocycles. The van der Waals surface area contributed by atoms with Crippen LogP contribution in [0.15, 0.2) is 27.6 Å². The van der Waals surface area contributed by atoms with Crippen molar-refractivity contribution in [3.63, 3.8) is 0 Å². The molecule has 0 radical (unpaired) electrons. The number of likely N-dealkylation sites (N-methyl/N-ethyl adjacent to an activating group) is 1. The number of piperidine rings is 1. The number of hydrogen-bond donors (Lipinski definition) is 3. The molecule has 1 aliphatic heterocycles. The third-order valence-corrected chi connectivity index (χ3v) is 4.08. The van der Waals surface area contributed by atoms with Gasteiger partial charge in [0.15, 0.2) is 5.43 Å². The minimum absolute atomic E-state index is 0.0384. The fraction of sp³-hybridized carbons (Fsp3) is 0.400. The Labute approximate surface area is 120 Å². The maximum Gasteiger partial charge on any atom is 0.196 e. The zero-order valence-electron chi connectivity index (χ0n) is 11.6. The fourth-order valence-corrected chi connectivity index (χ4v) is 3.04. The molecule has 6 nitrogen and oxygen atoms in total. The van der Waals surface area contributed by atoms with E-state index in [1.165, 1.54) is 12.3 Å². The van der Waals surface area contributed by atoms with Gasteiger partial charge in [-0.05, 0) is 20.0 Å². The zero-order valence-corrected chi connectivity index (χ0v) is 11.6. The van der Waals surface area contributed by atoms with E-state index in [-0.39, 0.29) is 33.8 Å². The third-order valence-electron chi connectivity index (χ3n) is 4.08. The van der Waals surface area contributed by atoms with Gasteiger partial charge in [0, 0.05) is 30.2 Å². The Morgan fingerprint density at radius 1 is 1.33 bits per heavy atom. The standard InChI is InChI=1S/C15H17NO5/c1-16-4-2-8(12(20)7-16)13-10(18)6-11(19)14-9(17)3-5-21-15(13)14/h3,5-6,8,12,18-20H,2,4,7H2,1H3/t8-,12+/m0/s1. The van der Waals surface area contributed by atoms with E-state index < -0.39 is 6.10 Å². The third kappa shape index (κ3) is 2.26. The minimum atomic E-state index is -0.673. The van der Waals surface area contributed by atoms with Crippen molar-refractivity contribution in [1.82, 2.24) is 4.90 Å². The Balaban J connectivity index is 2.23. The average molecular weight is 291 g/mol. The van der Waals surface area contributed by atoms with E-state index >= 15 is 0 Å². The van der Waals surface area contributed by atoms with Gasteiger partial charge in [-0.15, -0.1) is 0 Å². The Hall–Kier alpha value is -2.05. The topological polar surface area (TPSA) is 94.1 Å². The van der Waals surface area contributed by atoms with Crippen LogP contribution >= 0.6 is 0 Å². The number of hydrogen-bond acceptors (Lipinski definition) is 6. The highest BCUT2D eigenvalue weighted by molar-refractivity contribution is 5.88. The van der Waals surface area contributed by atoms with Gasteiger partial charge in [0.05, 0.1) is 12.4 Å². The highest BCUT2D eigenvalue weighted by Crippen LogP contribution is 2.41. The van der Waals surface area contributed by atoms with Gasteiger partial charge in [0.25, 0.3) is 0 Å². The monoisotopic (exact) mass is 291 g/mol. The van der Waals surface area contributed by atoms with Gasteiger partial charge >= 0.3 is 0 Å². The van der Waals surface area contributed by atoms with Gasteiger partial charge in [-0.1, -0.05) is 0 Å². The van der Waals surface area contributed by atoms with E-state index in [9.17, 15) is 20.1 Å². The van der Waals surface area contributed by atoms with Crippen LogP contribution < -0.4 is 5.43 Å². The number of nitrogens with zero attached hydrogens (tertiary/aromatic N) is 1. The number of aromatic hydroxyl groups is 2. The molecular weight excluding hydrogens is 274 g/mol. The van der Waals surface area contributed by atoms with Gasteiger partial charge in [-0.3, -0.25) is 4.79 Å². The molecule has 0 saturated carbocycles. The van der Waals surface area contributed by atoms with Crippen molar-refractivity contribution in [2.24, 2.45) is 0 Å². The Bertz CT molecular complexity index is 739. The second-order valence-electron chi connectivity index (χ2n) is 5.54. The second-order valence-corrected chi connectivity index (χ2v) is 5.54. The number of β-amino-alcohol motifs (C(OH)–C–C–N with tert-alkyl or cyclic N) is 1. The molecule has 0 aliphatic carbocycles. The summed E-state index contributed by atoms with van der Waals surface area (Å²) in [4.78, 5) is 13.9. The molecule has 2 atom stereocenters. The number of phenols is 2. The average Bonchev–Trinajstić information content (AvgIpc) is 2.40. The SMILES string of the molecule is CN1CC[C@H](c2c(O)cc(O)c3c(=O)ccoc23)[C@H](O)C1. The first-order valence-electron chi connectivity index (χ1n) is 6.82. The Kier molecular flexibility index (Phi) is 3.35. The molecule has 2 heterocycles. The maximum absolute atomic E-state index is 11.9. The van der Waals surface area contributed by atoms with Crippen molar-refractivity contribution >= 4 is 11.0 Å².